The van der Waals surface area contributed by atoms with Crippen LogP contribution < -0.4 is 10.3 Å². The normalized spacial score (nSPS) is 12.0. The van der Waals surface area contributed by atoms with Crippen LogP contribution in [0.3, 0.4) is 0 Å². The van der Waals surface area contributed by atoms with E-state index >= 15 is 0 Å². The van der Waals surface area contributed by atoms with E-state index in [9.17, 15) is 33.3 Å². The number of anilines is 1. The summed E-state index contributed by atoms with van der Waals surface area (Å²) in [4.78, 5) is 27.6. The predicted molar refractivity (Wildman–Crippen MR) is 96.8 cm³/mol. The Morgan fingerprint density at radius 1 is 1.15 bits per heavy atom. The zero-order valence-corrected chi connectivity index (χ0v) is 15.3. The first-order valence-electron chi connectivity index (χ1n) is 7.37. The summed E-state index contributed by atoms with van der Waals surface area (Å²) in [6.45, 7) is 2.40. The monoisotopic (exact) mass is 396 g/mol. The minimum atomic E-state index is -3.66. The van der Waals surface area contributed by atoms with Crippen molar-refractivity contribution in [2.75, 3.05) is 11.0 Å². The topological polar surface area (TPSA) is 166 Å². The van der Waals surface area contributed by atoms with E-state index in [0.717, 1.165) is 13.2 Å². The molecular formula is C16H16N2O8S. The van der Waals surface area contributed by atoms with Gasteiger partial charge < -0.3 is 19.7 Å². The Labute approximate surface area is 153 Å². The number of aliphatic imine (C=N–C) groups is 1. The van der Waals surface area contributed by atoms with Gasteiger partial charge >= 0.3 is 5.63 Å². The van der Waals surface area contributed by atoms with Crippen LogP contribution in [0.5, 0.6) is 17.4 Å². The maximum absolute atomic E-state index is 12.0. The number of carbonyl (C=O) groups is 1. The number of hydrogen-bond donors (Lipinski definition) is 4. The van der Waals surface area contributed by atoms with Gasteiger partial charge in [0.25, 0.3) is 5.95 Å². The lowest BCUT2D eigenvalue weighted by Crippen LogP contribution is -2.15. The van der Waals surface area contributed by atoms with Crippen molar-refractivity contribution in [1.82, 2.24) is 0 Å². The van der Waals surface area contributed by atoms with Crippen molar-refractivity contribution in [3.05, 3.63) is 39.7 Å². The average Bonchev–Trinajstić information content (AvgIpc) is 2.48. The number of hydrogen-bond acceptors (Lipinski definition) is 9. The fraction of sp³-hybridized carbons (Fsp3) is 0.188. The zero-order valence-electron chi connectivity index (χ0n) is 14.5. The van der Waals surface area contributed by atoms with Gasteiger partial charge in [0, 0.05) is 0 Å². The van der Waals surface area contributed by atoms with E-state index < -0.39 is 44.3 Å². The van der Waals surface area contributed by atoms with E-state index in [1.165, 1.54) is 25.1 Å². The highest BCUT2D eigenvalue weighted by molar-refractivity contribution is 7.92. The molecule has 11 heteroatoms. The second kappa shape index (κ2) is 7.11. The molecule has 144 valence electrons. The van der Waals surface area contributed by atoms with Gasteiger partial charge in [0.1, 0.15) is 22.6 Å². The zero-order chi connectivity index (χ0) is 20.5. The van der Waals surface area contributed by atoms with Crippen LogP contribution in [0.15, 0.2) is 32.4 Å². The molecule has 10 nitrogen and oxygen atoms in total. The maximum Gasteiger partial charge on any atom is 0.351 e. The van der Waals surface area contributed by atoms with Gasteiger partial charge in [-0.1, -0.05) is 0 Å². The second-order valence-corrected chi connectivity index (χ2v) is 7.37. The first-order valence-corrected chi connectivity index (χ1v) is 9.26. The number of Topliss-reactive ketones (excluding diaryl/α,β-unsaturated/α-hetero) is 1. The number of nitrogens with zero attached hydrogens (tertiary/aromatic N) is 1. The first-order chi connectivity index (χ1) is 12.4. The van der Waals surface area contributed by atoms with Gasteiger partial charge in [-0.2, -0.15) is 0 Å². The highest BCUT2D eigenvalue weighted by atomic mass is 32.2. The maximum atomic E-state index is 12.0. The van der Waals surface area contributed by atoms with E-state index in [1.54, 1.807) is 0 Å². The Balaban J connectivity index is 2.59. The third-order valence-corrected chi connectivity index (χ3v) is 3.96. The van der Waals surface area contributed by atoms with E-state index in [2.05, 4.69) is 14.1 Å². The summed E-state index contributed by atoms with van der Waals surface area (Å²) >= 11 is 0. The number of nitrogens with one attached hydrogen (secondary N) is 1. The van der Waals surface area contributed by atoms with Gasteiger partial charge in [-0.15, -0.1) is 0 Å². The van der Waals surface area contributed by atoms with Crippen molar-refractivity contribution in [1.29, 1.82) is 0 Å². The molecule has 1 aromatic heterocycles. The number of ketones is 1. The molecule has 0 saturated heterocycles. The van der Waals surface area contributed by atoms with Crippen LogP contribution >= 0.6 is 0 Å². The molecular weight excluding hydrogens is 380 g/mol. The van der Waals surface area contributed by atoms with Crippen LogP contribution in [0.25, 0.3) is 0 Å². The van der Waals surface area contributed by atoms with Crippen molar-refractivity contribution >= 4 is 32.9 Å². The number of sulfonamides is 1. The largest absolute Gasteiger partial charge is 0.506 e. The molecule has 0 fully saturated rings. The number of benzene rings is 1. The van der Waals surface area contributed by atoms with E-state index in [1.807, 2.05) is 0 Å². The fourth-order valence-electron chi connectivity index (χ4n) is 2.27. The van der Waals surface area contributed by atoms with Gasteiger partial charge in [-0.05, 0) is 32.0 Å². The minimum absolute atomic E-state index is 0.0697. The molecule has 0 atom stereocenters. The molecule has 1 heterocycles. The molecule has 0 radical (unpaired) electrons. The average molecular weight is 396 g/mol. The summed E-state index contributed by atoms with van der Waals surface area (Å²) in [6, 6.07) is 3.71. The molecule has 0 unspecified atom stereocenters. The first kappa shape index (κ1) is 20.0. The molecule has 0 saturated carbocycles. The summed E-state index contributed by atoms with van der Waals surface area (Å²) < 4.78 is 29.3. The molecule has 0 aliphatic rings. The molecule has 0 aliphatic carbocycles. The molecule has 27 heavy (non-hydrogen) atoms. The van der Waals surface area contributed by atoms with Crippen molar-refractivity contribution in [3.63, 3.8) is 0 Å². The van der Waals surface area contributed by atoms with Gasteiger partial charge in [0.05, 0.1) is 23.3 Å². The third kappa shape index (κ3) is 4.44. The lowest BCUT2D eigenvalue weighted by Gasteiger charge is -2.09. The Morgan fingerprint density at radius 3 is 2.33 bits per heavy atom. The van der Waals surface area contributed by atoms with Crippen molar-refractivity contribution in [2.24, 2.45) is 4.99 Å². The van der Waals surface area contributed by atoms with Gasteiger partial charge in [-0.25, -0.2) is 13.2 Å². The Kier molecular flexibility index (Phi) is 5.26. The number of carbonyl (C=O) groups excluding carboxylic acids is 1. The molecule has 0 aliphatic heterocycles. The lowest BCUT2D eigenvalue weighted by atomic mass is 10.1. The molecule has 4 N–H and O–H groups in total. The Hall–Kier alpha value is -3.34. The van der Waals surface area contributed by atoms with Crippen LogP contribution in [0.2, 0.25) is 0 Å². The molecule has 2 rings (SSSR count). The van der Waals surface area contributed by atoms with Gasteiger partial charge in [0.2, 0.25) is 10.0 Å². The number of aromatic hydroxyl groups is 3. The fourth-order valence-corrected chi connectivity index (χ4v) is 2.84. The van der Waals surface area contributed by atoms with Gasteiger partial charge in [0.15, 0.2) is 5.78 Å². The minimum Gasteiger partial charge on any atom is -0.506 e. The Bertz CT molecular complexity index is 1120. The summed E-state index contributed by atoms with van der Waals surface area (Å²) in [5.41, 5.74) is -2.21. The lowest BCUT2D eigenvalue weighted by molar-refractivity contribution is 0.100. The smallest absolute Gasteiger partial charge is 0.351 e. The highest BCUT2D eigenvalue weighted by Crippen LogP contribution is 2.31. The summed E-state index contributed by atoms with van der Waals surface area (Å²) in [5, 5.41) is 29.4. The standard InChI is InChI=1S/C16H16N2O8S/c1-7(12-14(21)13(8(2)19)16(23)26-15(12)22)17-9-4-5-11(20)10(6-9)18-27(3,24)25/h4-6,18,20-21,23H,1-3H3. The summed E-state index contributed by atoms with van der Waals surface area (Å²) in [5.74, 6) is -2.87. The van der Waals surface area contributed by atoms with Crippen LogP contribution in [0.4, 0.5) is 11.4 Å². The highest BCUT2D eigenvalue weighted by Gasteiger charge is 2.24. The molecule has 0 amide bonds. The number of phenolic OH excluding ortho intramolecular Hbond substituents is 1. The number of phenols is 1. The second-order valence-electron chi connectivity index (χ2n) is 5.62. The van der Waals surface area contributed by atoms with E-state index in [-0.39, 0.29) is 22.8 Å². The van der Waals surface area contributed by atoms with Gasteiger partial charge in [-0.3, -0.25) is 14.5 Å². The van der Waals surface area contributed by atoms with Crippen LogP contribution in [0.1, 0.15) is 29.8 Å². The summed E-state index contributed by atoms with van der Waals surface area (Å²) in [7, 11) is -3.66. The molecule has 0 bridgehead atoms. The van der Waals surface area contributed by atoms with E-state index in [4.69, 9.17) is 0 Å². The predicted octanol–water partition coefficient (Wildman–Crippen LogP) is 1.47. The summed E-state index contributed by atoms with van der Waals surface area (Å²) in [6.07, 6.45) is 0.899. The molecule has 0 spiro atoms. The molecule has 2 aromatic rings. The van der Waals surface area contributed by atoms with E-state index in [0.29, 0.717) is 0 Å². The Morgan fingerprint density at radius 2 is 1.78 bits per heavy atom. The van der Waals surface area contributed by atoms with Crippen LogP contribution in [0, 0.1) is 0 Å². The SMILES string of the molecule is CC(=O)c1c(O)oc(=O)c(C(C)=Nc2ccc(O)c(NS(C)(=O)=O)c2)c1O. The van der Waals surface area contributed by atoms with Crippen LogP contribution in [-0.2, 0) is 10.0 Å². The third-order valence-electron chi connectivity index (χ3n) is 3.37. The van der Waals surface area contributed by atoms with Crippen LogP contribution in [-0.4, -0.2) is 41.5 Å². The number of rotatable bonds is 5. The van der Waals surface area contributed by atoms with Crippen molar-refractivity contribution < 1.29 is 32.9 Å². The quantitative estimate of drug-likeness (QED) is 0.335. The van der Waals surface area contributed by atoms with Crippen molar-refractivity contribution in [2.45, 2.75) is 13.8 Å². The molecule has 1 aromatic carbocycles. The van der Waals surface area contributed by atoms with Crippen molar-refractivity contribution in [3.8, 4) is 17.4 Å².